The van der Waals surface area contributed by atoms with E-state index in [1.165, 1.54) is 12.1 Å². The molecule has 3 N–H and O–H groups in total. The molecule has 0 aliphatic heterocycles. The number of benzene rings is 1. The highest BCUT2D eigenvalue weighted by Gasteiger charge is 2.27. The van der Waals surface area contributed by atoms with Gasteiger partial charge in [-0.3, -0.25) is 0 Å². The van der Waals surface area contributed by atoms with Gasteiger partial charge in [0.15, 0.2) is 0 Å². The lowest BCUT2D eigenvalue weighted by Gasteiger charge is -2.09. The first kappa shape index (κ1) is 17.9. The zero-order valence-electron chi connectivity index (χ0n) is 11.1. The van der Waals surface area contributed by atoms with Crippen molar-refractivity contribution in [3.63, 3.8) is 0 Å². The van der Waals surface area contributed by atoms with Gasteiger partial charge in [-0.05, 0) is 18.1 Å². The molecular weight excluding hydrogens is 312 g/mol. The highest BCUT2D eigenvalue weighted by molar-refractivity contribution is 7.89. The fourth-order valence-corrected chi connectivity index (χ4v) is 2.63. The number of alkyl halides is 3. The van der Waals surface area contributed by atoms with E-state index in [9.17, 15) is 26.0 Å². The highest BCUT2D eigenvalue weighted by Crippen LogP contribution is 2.21. The van der Waals surface area contributed by atoms with Crippen molar-refractivity contribution < 1.29 is 26.0 Å². The molecule has 21 heavy (non-hydrogen) atoms. The summed E-state index contributed by atoms with van der Waals surface area (Å²) in [6, 6.07) is 4.12. The Morgan fingerprint density at radius 1 is 1.24 bits per heavy atom. The SMILES string of the molecule is NCc1ccc(CNS(=O)(=O)CCCC(F)(F)F)c(F)c1. The van der Waals surface area contributed by atoms with E-state index in [2.05, 4.69) is 4.72 Å². The summed E-state index contributed by atoms with van der Waals surface area (Å²) in [5.74, 6) is -1.27. The number of nitrogens with one attached hydrogen (secondary N) is 1. The van der Waals surface area contributed by atoms with Crippen LogP contribution in [0, 0.1) is 5.82 Å². The molecule has 1 rings (SSSR count). The van der Waals surface area contributed by atoms with E-state index in [4.69, 9.17) is 5.73 Å². The van der Waals surface area contributed by atoms with Crippen LogP contribution in [0.3, 0.4) is 0 Å². The van der Waals surface area contributed by atoms with Crippen LogP contribution in [0.2, 0.25) is 0 Å². The first-order valence-electron chi connectivity index (χ1n) is 6.14. The minimum absolute atomic E-state index is 0.103. The van der Waals surface area contributed by atoms with Gasteiger partial charge in [0.25, 0.3) is 0 Å². The lowest BCUT2D eigenvalue weighted by atomic mass is 10.1. The van der Waals surface area contributed by atoms with Crippen LogP contribution < -0.4 is 10.5 Å². The molecule has 0 aliphatic rings. The van der Waals surface area contributed by atoms with Gasteiger partial charge < -0.3 is 5.73 Å². The van der Waals surface area contributed by atoms with Crippen molar-refractivity contribution >= 4 is 10.0 Å². The molecule has 0 aliphatic carbocycles. The molecule has 9 heteroatoms. The molecule has 0 radical (unpaired) electrons. The largest absolute Gasteiger partial charge is 0.389 e. The van der Waals surface area contributed by atoms with E-state index >= 15 is 0 Å². The van der Waals surface area contributed by atoms with Crippen LogP contribution in [0.25, 0.3) is 0 Å². The lowest BCUT2D eigenvalue weighted by Crippen LogP contribution is -2.27. The summed E-state index contributed by atoms with van der Waals surface area (Å²) in [6.45, 7) is -0.161. The number of sulfonamides is 1. The predicted molar refractivity (Wildman–Crippen MR) is 70.2 cm³/mol. The minimum atomic E-state index is -4.39. The zero-order valence-corrected chi connectivity index (χ0v) is 11.9. The Kier molecular flexibility index (Phi) is 6.11. The minimum Gasteiger partial charge on any atom is -0.326 e. The second kappa shape index (κ2) is 7.19. The first-order valence-corrected chi connectivity index (χ1v) is 7.79. The molecule has 0 bridgehead atoms. The third kappa shape index (κ3) is 6.87. The van der Waals surface area contributed by atoms with Crippen molar-refractivity contribution in [2.24, 2.45) is 5.73 Å². The fourth-order valence-electron chi connectivity index (χ4n) is 1.58. The Balaban J connectivity index is 2.53. The van der Waals surface area contributed by atoms with E-state index in [-0.39, 0.29) is 18.7 Å². The number of rotatable bonds is 7. The van der Waals surface area contributed by atoms with Gasteiger partial charge in [0.05, 0.1) is 5.75 Å². The highest BCUT2D eigenvalue weighted by atomic mass is 32.2. The molecule has 1 aromatic carbocycles. The topological polar surface area (TPSA) is 72.2 Å². The number of hydrogen-bond donors (Lipinski definition) is 2. The third-order valence-electron chi connectivity index (χ3n) is 2.71. The van der Waals surface area contributed by atoms with Crippen molar-refractivity contribution in [1.82, 2.24) is 4.72 Å². The second-order valence-electron chi connectivity index (χ2n) is 4.49. The normalized spacial score (nSPS) is 12.6. The van der Waals surface area contributed by atoms with Gasteiger partial charge in [0.2, 0.25) is 10.0 Å². The molecule has 0 unspecified atom stereocenters. The summed E-state index contributed by atoms with van der Waals surface area (Å²) in [5, 5.41) is 0. The van der Waals surface area contributed by atoms with Crippen LogP contribution in [0.1, 0.15) is 24.0 Å². The summed E-state index contributed by atoms with van der Waals surface area (Å²) < 4.78 is 74.5. The summed E-state index contributed by atoms with van der Waals surface area (Å²) in [7, 11) is -3.88. The Hall–Kier alpha value is -1.19. The molecular formula is C12H16F4N2O2S. The van der Waals surface area contributed by atoms with Crippen LogP contribution in [0.5, 0.6) is 0 Å². The molecule has 0 amide bonds. The molecule has 120 valence electrons. The summed E-state index contributed by atoms with van der Waals surface area (Å²) >= 11 is 0. The summed E-state index contributed by atoms with van der Waals surface area (Å²) in [4.78, 5) is 0. The number of nitrogens with two attached hydrogens (primary N) is 1. The maximum atomic E-state index is 13.6. The van der Waals surface area contributed by atoms with Gasteiger partial charge >= 0.3 is 6.18 Å². The molecule has 0 saturated carbocycles. The molecule has 0 heterocycles. The summed E-state index contributed by atoms with van der Waals surface area (Å²) in [6.07, 6.45) is -6.10. The molecule has 1 aromatic rings. The Labute approximate surface area is 120 Å². The quantitative estimate of drug-likeness (QED) is 0.753. The van der Waals surface area contributed by atoms with Crippen LogP contribution in [-0.4, -0.2) is 20.3 Å². The van der Waals surface area contributed by atoms with Gasteiger partial charge in [-0.25, -0.2) is 17.5 Å². The molecule has 0 atom stereocenters. The van der Waals surface area contributed by atoms with E-state index < -0.39 is 40.6 Å². The summed E-state index contributed by atoms with van der Waals surface area (Å²) in [5.41, 5.74) is 5.99. The van der Waals surface area contributed by atoms with Crippen LogP contribution in [-0.2, 0) is 23.1 Å². The third-order valence-corrected chi connectivity index (χ3v) is 4.12. The van der Waals surface area contributed by atoms with Gasteiger partial charge in [-0.15, -0.1) is 0 Å². The second-order valence-corrected chi connectivity index (χ2v) is 6.42. The van der Waals surface area contributed by atoms with E-state index in [1.54, 1.807) is 6.07 Å². The molecule has 0 aromatic heterocycles. The molecule has 0 saturated heterocycles. The van der Waals surface area contributed by atoms with Crippen LogP contribution in [0.15, 0.2) is 18.2 Å². The van der Waals surface area contributed by atoms with Crippen LogP contribution in [0.4, 0.5) is 17.6 Å². The Morgan fingerprint density at radius 3 is 2.43 bits per heavy atom. The van der Waals surface area contributed by atoms with Crippen LogP contribution >= 0.6 is 0 Å². The van der Waals surface area contributed by atoms with Crippen molar-refractivity contribution in [3.05, 3.63) is 35.1 Å². The first-order chi connectivity index (χ1) is 9.63. The van der Waals surface area contributed by atoms with E-state index in [0.717, 1.165) is 0 Å². The smallest absolute Gasteiger partial charge is 0.326 e. The van der Waals surface area contributed by atoms with E-state index in [0.29, 0.717) is 5.56 Å². The Morgan fingerprint density at radius 2 is 1.90 bits per heavy atom. The van der Waals surface area contributed by atoms with Gasteiger partial charge in [0.1, 0.15) is 5.82 Å². The average molecular weight is 328 g/mol. The van der Waals surface area contributed by atoms with E-state index in [1.807, 2.05) is 0 Å². The van der Waals surface area contributed by atoms with Crippen molar-refractivity contribution in [3.8, 4) is 0 Å². The lowest BCUT2D eigenvalue weighted by molar-refractivity contribution is -0.134. The average Bonchev–Trinajstić information content (AvgIpc) is 2.35. The van der Waals surface area contributed by atoms with Gasteiger partial charge in [-0.1, -0.05) is 12.1 Å². The maximum Gasteiger partial charge on any atom is 0.389 e. The molecule has 4 nitrogen and oxygen atoms in total. The van der Waals surface area contributed by atoms with Crippen molar-refractivity contribution in [1.29, 1.82) is 0 Å². The molecule has 0 spiro atoms. The zero-order chi connectivity index (χ0) is 16.1. The Bertz CT molecular complexity index is 573. The van der Waals surface area contributed by atoms with Gasteiger partial charge in [-0.2, -0.15) is 13.2 Å². The standard InChI is InChI=1S/C12H16F4N2O2S/c13-11-6-9(7-17)2-3-10(11)8-18-21(19,20)5-1-4-12(14,15)16/h2-3,6,18H,1,4-5,7-8,17H2. The maximum absolute atomic E-state index is 13.6. The molecule has 0 fully saturated rings. The van der Waals surface area contributed by atoms with Crippen molar-refractivity contribution in [2.75, 3.05) is 5.75 Å². The van der Waals surface area contributed by atoms with Gasteiger partial charge in [0, 0.05) is 25.1 Å². The number of halogens is 4. The monoisotopic (exact) mass is 328 g/mol. The number of hydrogen-bond acceptors (Lipinski definition) is 3. The predicted octanol–water partition coefficient (Wildman–Crippen LogP) is 2.05. The van der Waals surface area contributed by atoms with Crippen molar-refractivity contribution in [2.45, 2.75) is 32.1 Å². The fraction of sp³-hybridized carbons (Fsp3) is 0.500.